The number of cyclic esters (lactones) is 1. The lowest BCUT2D eigenvalue weighted by molar-refractivity contribution is -0.125. The Morgan fingerprint density at radius 2 is 1.93 bits per heavy atom. The molecule has 1 aromatic rings. The van der Waals surface area contributed by atoms with E-state index in [0.29, 0.717) is 5.69 Å². The molecule has 1 aliphatic rings. The summed E-state index contributed by atoms with van der Waals surface area (Å²) in [6, 6.07) is 8.94. The summed E-state index contributed by atoms with van der Waals surface area (Å²) in [5.41, 5.74) is 3.32. The van der Waals surface area contributed by atoms with Crippen molar-refractivity contribution in [1.29, 1.82) is 0 Å². The van der Waals surface area contributed by atoms with Crippen LogP contribution in [0.5, 0.6) is 0 Å². The van der Waals surface area contributed by atoms with Crippen LogP contribution in [0.15, 0.2) is 30.3 Å². The van der Waals surface area contributed by atoms with Crippen molar-refractivity contribution in [2.45, 2.75) is 0 Å². The summed E-state index contributed by atoms with van der Waals surface area (Å²) in [4.78, 5) is 22.1. The van der Waals surface area contributed by atoms with Crippen LogP contribution in [-0.2, 0) is 9.53 Å². The van der Waals surface area contributed by atoms with Crippen LogP contribution in [0.1, 0.15) is 0 Å². The number of nitrogens with zero attached hydrogens (tertiary/aromatic N) is 1. The fraction of sp³-hybridized carbons (Fsp3) is 0.111. The van der Waals surface area contributed by atoms with Gasteiger partial charge in [-0.2, -0.15) is 5.01 Å². The van der Waals surface area contributed by atoms with Crippen molar-refractivity contribution < 1.29 is 14.3 Å². The van der Waals surface area contributed by atoms with Gasteiger partial charge in [0.15, 0.2) is 6.61 Å². The molecule has 0 aromatic heterocycles. The van der Waals surface area contributed by atoms with Gasteiger partial charge in [0.05, 0.1) is 5.69 Å². The van der Waals surface area contributed by atoms with Gasteiger partial charge < -0.3 is 4.74 Å². The predicted octanol–water partition coefficient (Wildman–Crippen LogP) is 0.992. The molecule has 5 heteroatoms. The van der Waals surface area contributed by atoms with Crippen molar-refractivity contribution in [3.05, 3.63) is 30.3 Å². The van der Waals surface area contributed by atoms with Crippen LogP contribution in [0.3, 0.4) is 0 Å². The van der Waals surface area contributed by atoms with Gasteiger partial charge >= 0.3 is 6.09 Å². The highest BCUT2D eigenvalue weighted by Crippen LogP contribution is 2.10. The molecule has 14 heavy (non-hydrogen) atoms. The second-order valence-corrected chi connectivity index (χ2v) is 2.76. The maximum absolute atomic E-state index is 11.1. The molecule has 0 unspecified atom stereocenters. The molecule has 0 saturated carbocycles. The number of imide groups is 1. The summed E-state index contributed by atoms with van der Waals surface area (Å²) >= 11 is 0. The topological polar surface area (TPSA) is 58.6 Å². The number of amides is 2. The number of carbonyl (C=O) groups excluding carboxylic acids is 2. The first-order chi connectivity index (χ1) is 6.77. The van der Waals surface area contributed by atoms with Crippen molar-refractivity contribution in [2.24, 2.45) is 0 Å². The third kappa shape index (κ3) is 1.52. The van der Waals surface area contributed by atoms with Gasteiger partial charge in [-0.3, -0.25) is 10.2 Å². The first-order valence-corrected chi connectivity index (χ1v) is 4.09. The standard InChI is InChI=1S/C9H8N2O3/c12-8-6-14-9(13)11(8)10-7-4-2-1-3-5-7/h1-5,10H,6H2. The van der Waals surface area contributed by atoms with Gasteiger partial charge in [0, 0.05) is 0 Å². The fourth-order valence-electron chi connectivity index (χ4n) is 1.10. The molecule has 1 aliphatic heterocycles. The van der Waals surface area contributed by atoms with Gasteiger partial charge in [-0.1, -0.05) is 18.2 Å². The lowest BCUT2D eigenvalue weighted by atomic mass is 10.3. The van der Waals surface area contributed by atoms with Gasteiger partial charge in [-0.25, -0.2) is 4.79 Å². The predicted molar refractivity (Wildman–Crippen MR) is 48.3 cm³/mol. The van der Waals surface area contributed by atoms with E-state index in [9.17, 15) is 9.59 Å². The molecule has 1 fully saturated rings. The van der Waals surface area contributed by atoms with Gasteiger partial charge in [-0.05, 0) is 12.1 Å². The molecule has 0 spiro atoms. The zero-order valence-electron chi connectivity index (χ0n) is 7.27. The summed E-state index contributed by atoms with van der Waals surface area (Å²) in [7, 11) is 0. The number of nitrogens with one attached hydrogen (secondary N) is 1. The first kappa shape index (κ1) is 8.55. The number of hydrogen-bond donors (Lipinski definition) is 1. The van der Waals surface area contributed by atoms with Crippen molar-refractivity contribution in [3.63, 3.8) is 0 Å². The molecule has 2 amide bonds. The average Bonchev–Trinajstić information content (AvgIpc) is 2.51. The maximum Gasteiger partial charge on any atom is 0.436 e. The first-order valence-electron chi connectivity index (χ1n) is 4.09. The van der Waals surface area contributed by atoms with Crippen molar-refractivity contribution >= 4 is 17.7 Å². The Bertz CT molecular complexity index is 348. The van der Waals surface area contributed by atoms with E-state index in [0.717, 1.165) is 5.01 Å². The van der Waals surface area contributed by atoms with Gasteiger partial charge in [-0.15, -0.1) is 0 Å². The molecule has 0 atom stereocenters. The molecular formula is C9H8N2O3. The smallest absolute Gasteiger partial charge is 0.436 e. The summed E-state index contributed by atoms with van der Waals surface area (Å²) in [6.45, 7) is -0.196. The zero-order chi connectivity index (χ0) is 9.97. The molecular weight excluding hydrogens is 184 g/mol. The van der Waals surface area contributed by atoms with E-state index in [4.69, 9.17) is 0 Å². The van der Waals surface area contributed by atoms with E-state index in [1.165, 1.54) is 0 Å². The molecule has 0 radical (unpaired) electrons. The van der Waals surface area contributed by atoms with Crippen molar-refractivity contribution in [1.82, 2.24) is 5.01 Å². The Balaban J connectivity index is 2.11. The molecule has 0 bridgehead atoms. The zero-order valence-corrected chi connectivity index (χ0v) is 7.27. The Kier molecular flexibility index (Phi) is 2.06. The number of ether oxygens (including phenoxy) is 1. The Labute approximate surface area is 80.2 Å². The highest BCUT2D eigenvalue weighted by molar-refractivity contribution is 5.98. The van der Waals surface area contributed by atoms with Crippen molar-refractivity contribution in [3.8, 4) is 0 Å². The SMILES string of the molecule is O=C1COC(=O)N1Nc1ccccc1. The van der Waals surface area contributed by atoms with Crippen LogP contribution < -0.4 is 5.43 Å². The third-order valence-electron chi connectivity index (χ3n) is 1.77. The van der Waals surface area contributed by atoms with Gasteiger partial charge in [0.2, 0.25) is 0 Å². The molecule has 2 rings (SSSR count). The monoisotopic (exact) mass is 192 g/mol. The number of hydrazine groups is 1. The lowest BCUT2D eigenvalue weighted by Gasteiger charge is -2.12. The molecule has 1 N–H and O–H groups in total. The quantitative estimate of drug-likeness (QED) is 0.759. The van der Waals surface area contributed by atoms with Gasteiger partial charge in [0.25, 0.3) is 5.91 Å². The lowest BCUT2D eigenvalue weighted by Crippen LogP contribution is -2.34. The molecule has 1 saturated heterocycles. The van der Waals surface area contributed by atoms with Crippen LogP contribution >= 0.6 is 0 Å². The fourth-order valence-corrected chi connectivity index (χ4v) is 1.10. The molecule has 0 aliphatic carbocycles. The third-order valence-corrected chi connectivity index (χ3v) is 1.77. The molecule has 5 nitrogen and oxygen atoms in total. The minimum absolute atomic E-state index is 0.196. The second-order valence-electron chi connectivity index (χ2n) is 2.76. The van der Waals surface area contributed by atoms with Gasteiger partial charge in [0.1, 0.15) is 0 Å². The van der Waals surface area contributed by atoms with E-state index in [1.807, 2.05) is 6.07 Å². The molecule has 1 heterocycles. The normalized spacial score (nSPS) is 15.6. The minimum atomic E-state index is -0.668. The summed E-state index contributed by atoms with van der Waals surface area (Å²) < 4.78 is 4.52. The van der Waals surface area contributed by atoms with Crippen LogP contribution in [-0.4, -0.2) is 23.6 Å². The Morgan fingerprint density at radius 1 is 1.21 bits per heavy atom. The van der Waals surface area contributed by atoms with Crippen molar-refractivity contribution in [2.75, 3.05) is 12.0 Å². The highest BCUT2D eigenvalue weighted by Gasteiger charge is 2.31. The van der Waals surface area contributed by atoms with E-state index in [-0.39, 0.29) is 12.5 Å². The summed E-state index contributed by atoms with van der Waals surface area (Å²) in [5, 5.41) is 0.856. The maximum atomic E-state index is 11.1. The van der Waals surface area contributed by atoms with Crippen LogP contribution in [0, 0.1) is 0 Å². The van der Waals surface area contributed by atoms with E-state index in [2.05, 4.69) is 10.2 Å². The number of rotatable bonds is 2. The van der Waals surface area contributed by atoms with Crippen LogP contribution in [0.2, 0.25) is 0 Å². The number of para-hydroxylation sites is 1. The minimum Gasteiger partial charge on any atom is -0.438 e. The van der Waals surface area contributed by atoms with Crippen LogP contribution in [0.4, 0.5) is 10.5 Å². The summed E-state index contributed by atoms with van der Waals surface area (Å²) in [5.74, 6) is -0.390. The largest absolute Gasteiger partial charge is 0.438 e. The summed E-state index contributed by atoms with van der Waals surface area (Å²) in [6.07, 6.45) is -0.668. The van der Waals surface area contributed by atoms with E-state index < -0.39 is 6.09 Å². The number of hydrogen-bond acceptors (Lipinski definition) is 4. The van der Waals surface area contributed by atoms with E-state index in [1.54, 1.807) is 24.3 Å². The Hall–Kier alpha value is -2.04. The van der Waals surface area contributed by atoms with E-state index >= 15 is 0 Å². The van der Waals surface area contributed by atoms with Crippen LogP contribution in [0.25, 0.3) is 0 Å². The average molecular weight is 192 g/mol. The number of anilines is 1. The molecule has 72 valence electrons. The number of carbonyl (C=O) groups is 2. The second kappa shape index (κ2) is 3.37. The molecule has 1 aromatic carbocycles. The number of benzene rings is 1. The Morgan fingerprint density at radius 3 is 2.50 bits per heavy atom. The highest BCUT2D eigenvalue weighted by atomic mass is 16.6.